The smallest absolute Gasteiger partial charge is 0.262 e. The van der Waals surface area contributed by atoms with Crippen molar-refractivity contribution in [2.24, 2.45) is 45.7 Å². The number of hydrogen-bond acceptors (Lipinski definition) is 4. The van der Waals surface area contributed by atoms with Gasteiger partial charge in [-0.3, -0.25) is 9.59 Å². The summed E-state index contributed by atoms with van der Waals surface area (Å²) in [5, 5.41) is 7.86. The summed E-state index contributed by atoms with van der Waals surface area (Å²) in [5.41, 5.74) is 4.57. The van der Waals surface area contributed by atoms with E-state index in [-0.39, 0.29) is 0 Å². The van der Waals surface area contributed by atoms with Crippen LogP contribution in [0, 0.1) is 35.5 Å². The van der Waals surface area contributed by atoms with E-state index in [1.54, 1.807) is 12.4 Å². The Hall–Kier alpha value is -2.24. The molecule has 0 heterocycles. The highest BCUT2D eigenvalue weighted by Gasteiger charge is 2.35. The van der Waals surface area contributed by atoms with Gasteiger partial charge < -0.3 is 0 Å². The lowest BCUT2D eigenvalue weighted by Crippen LogP contribution is -2.35. The summed E-state index contributed by atoms with van der Waals surface area (Å²) in [6, 6.07) is 0. The Labute approximate surface area is 141 Å². The number of carbonyl (C=O) groups is 2. The molecule has 6 heteroatoms. The molecule has 6 nitrogen and oxygen atoms in total. The van der Waals surface area contributed by atoms with Crippen LogP contribution in [0.5, 0.6) is 0 Å². The highest BCUT2D eigenvalue weighted by Crippen LogP contribution is 2.43. The normalized spacial score (nSPS) is 38.7. The second-order valence-corrected chi connectivity index (χ2v) is 7.33. The quantitative estimate of drug-likeness (QED) is 0.356. The zero-order valence-electron chi connectivity index (χ0n) is 13.5. The van der Waals surface area contributed by atoms with E-state index in [0.717, 1.165) is 12.8 Å². The van der Waals surface area contributed by atoms with Gasteiger partial charge in [-0.2, -0.15) is 10.2 Å². The molecule has 0 unspecified atom stereocenters. The molecule has 2 saturated carbocycles. The minimum Gasteiger partial charge on any atom is -0.262 e. The molecule has 0 radical (unpaired) electrons. The number of rotatable bonds is 4. The average Bonchev–Trinajstić information content (AvgIpc) is 3.35. The van der Waals surface area contributed by atoms with Gasteiger partial charge in [0.2, 0.25) is 0 Å². The van der Waals surface area contributed by atoms with Gasteiger partial charge in [0.25, 0.3) is 0 Å². The fraction of sp³-hybridized carbons (Fsp3) is 0.556. The molecule has 0 aliphatic heterocycles. The van der Waals surface area contributed by atoms with Gasteiger partial charge >= 0.3 is 11.8 Å². The molecule has 0 aromatic rings. The minimum atomic E-state index is -0.782. The first-order chi connectivity index (χ1) is 11.7. The lowest BCUT2D eigenvalue weighted by atomic mass is 9.95. The van der Waals surface area contributed by atoms with Crippen molar-refractivity contribution in [1.29, 1.82) is 0 Å². The SMILES string of the molecule is O=C(N/N=C\[C@@H]1C[C@H]2C=C[C@H]1C2)C(=O)N/N=C\[C@H]1C[C@H]2C=C[C@H]1C2. The molecule has 4 bridgehead atoms. The fourth-order valence-electron chi connectivity index (χ4n) is 4.47. The summed E-state index contributed by atoms with van der Waals surface area (Å²) in [4.78, 5) is 23.4. The van der Waals surface area contributed by atoms with Gasteiger partial charge in [-0.15, -0.1) is 0 Å². The average molecular weight is 326 g/mol. The van der Waals surface area contributed by atoms with Crippen molar-refractivity contribution in [3.63, 3.8) is 0 Å². The maximum absolute atomic E-state index is 11.7. The first-order valence-electron chi connectivity index (χ1n) is 8.72. The summed E-state index contributed by atoms with van der Waals surface area (Å²) < 4.78 is 0. The van der Waals surface area contributed by atoms with Gasteiger partial charge in [0, 0.05) is 24.3 Å². The van der Waals surface area contributed by atoms with Crippen molar-refractivity contribution in [3.8, 4) is 0 Å². The minimum absolute atomic E-state index is 0.368. The fourth-order valence-corrected chi connectivity index (χ4v) is 4.47. The highest BCUT2D eigenvalue weighted by molar-refractivity contribution is 6.35. The summed E-state index contributed by atoms with van der Waals surface area (Å²) in [7, 11) is 0. The van der Waals surface area contributed by atoms with Crippen LogP contribution in [0.3, 0.4) is 0 Å². The van der Waals surface area contributed by atoms with E-state index in [9.17, 15) is 9.59 Å². The van der Waals surface area contributed by atoms with Crippen molar-refractivity contribution in [2.75, 3.05) is 0 Å². The maximum Gasteiger partial charge on any atom is 0.331 e. The van der Waals surface area contributed by atoms with Crippen molar-refractivity contribution in [3.05, 3.63) is 24.3 Å². The first kappa shape index (κ1) is 15.3. The standard InChI is InChI=1S/C18H22N4O2/c23-17(21-19-9-15-7-11-1-3-13(15)5-11)18(24)22-20-10-16-8-12-2-4-14(16)6-12/h1-4,9-16H,5-8H2,(H,21,23)(H,22,24)/b19-9-,20-10-/t11-,12-,13-,14-,15-,16+/m0/s1. The maximum atomic E-state index is 11.7. The third kappa shape index (κ3) is 3.05. The monoisotopic (exact) mass is 326 g/mol. The van der Waals surface area contributed by atoms with Crippen LogP contribution in [-0.2, 0) is 9.59 Å². The largest absolute Gasteiger partial charge is 0.331 e. The van der Waals surface area contributed by atoms with E-state index in [4.69, 9.17) is 0 Å². The van der Waals surface area contributed by atoms with Gasteiger partial charge in [-0.25, -0.2) is 10.9 Å². The molecule has 0 saturated heterocycles. The molecule has 4 aliphatic carbocycles. The topological polar surface area (TPSA) is 82.9 Å². The van der Waals surface area contributed by atoms with Gasteiger partial charge in [0.15, 0.2) is 0 Å². The number of amides is 2. The molecule has 6 atom stereocenters. The molecule has 2 fully saturated rings. The van der Waals surface area contributed by atoms with Crippen LogP contribution in [0.25, 0.3) is 0 Å². The Morgan fingerprint density at radius 3 is 1.54 bits per heavy atom. The number of hydrogen-bond donors (Lipinski definition) is 2. The summed E-state index contributed by atoms with van der Waals surface area (Å²) >= 11 is 0. The van der Waals surface area contributed by atoms with E-state index in [2.05, 4.69) is 45.4 Å². The number of nitrogens with zero attached hydrogens (tertiary/aromatic N) is 2. The zero-order chi connectivity index (χ0) is 16.5. The molecule has 2 amide bonds. The number of allylic oxidation sites excluding steroid dienone is 4. The number of nitrogens with one attached hydrogen (secondary N) is 2. The van der Waals surface area contributed by atoms with Crippen LogP contribution in [0.1, 0.15) is 25.7 Å². The highest BCUT2D eigenvalue weighted by atomic mass is 16.2. The lowest BCUT2D eigenvalue weighted by Gasteiger charge is -2.12. The van der Waals surface area contributed by atoms with E-state index in [0.29, 0.717) is 35.5 Å². The third-order valence-electron chi connectivity index (χ3n) is 5.73. The van der Waals surface area contributed by atoms with E-state index in [1.165, 1.54) is 12.8 Å². The van der Waals surface area contributed by atoms with Crippen molar-refractivity contribution >= 4 is 24.2 Å². The Bertz CT molecular complexity index is 595. The Balaban J connectivity index is 1.19. The molecule has 24 heavy (non-hydrogen) atoms. The number of carbonyl (C=O) groups excluding carboxylic acids is 2. The van der Waals surface area contributed by atoms with Gasteiger partial charge in [-0.1, -0.05) is 24.3 Å². The second kappa shape index (κ2) is 6.34. The molecule has 4 rings (SSSR count). The molecule has 4 aliphatic rings. The zero-order valence-corrected chi connectivity index (χ0v) is 13.5. The molecule has 0 aromatic heterocycles. The van der Waals surface area contributed by atoms with Crippen LogP contribution >= 0.6 is 0 Å². The van der Waals surface area contributed by atoms with Crippen LogP contribution in [0.15, 0.2) is 34.5 Å². The number of hydrazone groups is 2. The van der Waals surface area contributed by atoms with Crippen LogP contribution < -0.4 is 10.9 Å². The molecule has 126 valence electrons. The Morgan fingerprint density at radius 2 is 1.21 bits per heavy atom. The molecular weight excluding hydrogens is 304 g/mol. The van der Waals surface area contributed by atoms with Crippen LogP contribution in [-0.4, -0.2) is 24.2 Å². The van der Waals surface area contributed by atoms with Crippen molar-refractivity contribution in [2.45, 2.75) is 25.7 Å². The molecule has 0 spiro atoms. The second-order valence-electron chi connectivity index (χ2n) is 7.33. The summed E-state index contributed by atoms with van der Waals surface area (Å²) in [6.45, 7) is 0. The Morgan fingerprint density at radius 1 is 0.750 bits per heavy atom. The van der Waals surface area contributed by atoms with Crippen LogP contribution in [0.4, 0.5) is 0 Å². The van der Waals surface area contributed by atoms with Crippen LogP contribution in [0.2, 0.25) is 0 Å². The predicted octanol–water partition coefficient (Wildman–Crippen LogP) is 1.61. The summed E-state index contributed by atoms with van der Waals surface area (Å²) in [5.74, 6) is 1.54. The van der Waals surface area contributed by atoms with E-state index >= 15 is 0 Å². The van der Waals surface area contributed by atoms with Gasteiger partial charge in [-0.05, 0) is 49.4 Å². The number of fused-ring (bicyclic) bond motifs is 4. The van der Waals surface area contributed by atoms with Crippen molar-refractivity contribution in [1.82, 2.24) is 10.9 Å². The molecule has 2 N–H and O–H groups in total. The van der Waals surface area contributed by atoms with Gasteiger partial charge in [0.1, 0.15) is 0 Å². The predicted molar refractivity (Wildman–Crippen MR) is 91.0 cm³/mol. The first-order valence-corrected chi connectivity index (χ1v) is 8.72. The van der Waals surface area contributed by atoms with Gasteiger partial charge in [0.05, 0.1) is 0 Å². The van der Waals surface area contributed by atoms with E-state index < -0.39 is 11.8 Å². The van der Waals surface area contributed by atoms with E-state index in [1.807, 2.05) is 0 Å². The Kier molecular flexibility index (Phi) is 4.04. The third-order valence-corrected chi connectivity index (χ3v) is 5.73. The van der Waals surface area contributed by atoms with Crippen molar-refractivity contribution < 1.29 is 9.59 Å². The molecular formula is C18H22N4O2. The summed E-state index contributed by atoms with van der Waals surface area (Å²) in [6.07, 6.45) is 17.0. The lowest BCUT2D eigenvalue weighted by molar-refractivity contribution is -0.139. The molecule has 0 aromatic carbocycles.